The third-order valence-electron chi connectivity index (χ3n) is 2.13. The van der Waals surface area contributed by atoms with Gasteiger partial charge in [0.1, 0.15) is 5.75 Å². The van der Waals surface area contributed by atoms with Crippen LogP contribution in [-0.4, -0.2) is 17.9 Å². The lowest BCUT2D eigenvalue weighted by molar-refractivity contribution is -0.159. The van der Waals surface area contributed by atoms with Gasteiger partial charge in [-0.05, 0) is 38.5 Å². The Balaban J connectivity index is 2.38. The second-order valence-electron chi connectivity index (χ2n) is 4.75. The number of benzene rings is 1. The lowest BCUT2D eigenvalue weighted by atomic mass is 9.98. The summed E-state index contributed by atoms with van der Waals surface area (Å²) >= 11 is 0. The van der Waals surface area contributed by atoms with Gasteiger partial charge in [-0.25, -0.2) is 0 Å². The molecule has 0 heterocycles. The Morgan fingerprint density at radius 1 is 1.24 bits per heavy atom. The fraction of sp³-hybridized carbons (Fsp3) is 0.462. The third kappa shape index (κ3) is 4.44. The van der Waals surface area contributed by atoms with Gasteiger partial charge in [0.05, 0.1) is 12.0 Å². The van der Waals surface area contributed by atoms with Gasteiger partial charge in [0.25, 0.3) is 0 Å². The predicted molar refractivity (Wildman–Crippen MR) is 63.4 cm³/mol. The topological polar surface area (TPSA) is 55.8 Å². The van der Waals surface area contributed by atoms with Gasteiger partial charge in [-0.2, -0.15) is 0 Å². The number of rotatable bonds is 4. The smallest absolute Gasteiger partial charge is 0.314 e. The molecule has 1 aromatic rings. The highest BCUT2D eigenvalue weighted by Gasteiger charge is 2.22. The zero-order valence-corrected chi connectivity index (χ0v) is 10.4. The molecular formula is C13H18O4. The molecule has 17 heavy (non-hydrogen) atoms. The second-order valence-corrected chi connectivity index (χ2v) is 4.75. The summed E-state index contributed by atoms with van der Waals surface area (Å²) in [6.45, 7) is 5.25. The first-order valence-electron chi connectivity index (χ1n) is 5.43. The second kappa shape index (κ2) is 5.68. The molecular weight excluding hydrogens is 220 g/mol. The Bertz CT molecular complexity index is 362. The molecule has 0 unspecified atom stereocenters. The molecule has 0 atom stereocenters. The van der Waals surface area contributed by atoms with Crippen LogP contribution < -0.4 is 4.74 Å². The fourth-order valence-electron chi connectivity index (χ4n) is 1.06. The SMILES string of the molecule is CC(C)(C)C(=O)OCOc1ccc(CO)cc1. The standard InChI is InChI=1S/C13H18O4/c1-13(2,3)12(15)17-9-16-11-6-4-10(8-14)5-7-11/h4-7,14H,8-9H2,1-3H3. The quantitative estimate of drug-likeness (QED) is 0.644. The van der Waals surface area contributed by atoms with Crippen molar-refractivity contribution in [2.24, 2.45) is 5.41 Å². The van der Waals surface area contributed by atoms with Gasteiger partial charge in [0.15, 0.2) is 0 Å². The van der Waals surface area contributed by atoms with Crippen LogP contribution in [0.25, 0.3) is 0 Å². The zero-order valence-electron chi connectivity index (χ0n) is 10.4. The highest BCUT2D eigenvalue weighted by molar-refractivity contribution is 5.75. The lowest BCUT2D eigenvalue weighted by Gasteiger charge is -2.16. The Labute approximate surface area is 101 Å². The molecule has 0 aliphatic carbocycles. The summed E-state index contributed by atoms with van der Waals surface area (Å²) in [7, 11) is 0. The molecule has 1 N–H and O–H groups in total. The maximum Gasteiger partial charge on any atom is 0.314 e. The minimum Gasteiger partial charge on any atom is -0.457 e. The van der Waals surface area contributed by atoms with E-state index in [2.05, 4.69) is 0 Å². The van der Waals surface area contributed by atoms with Crippen molar-refractivity contribution < 1.29 is 19.4 Å². The van der Waals surface area contributed by atoms with E-state index < -0.39 is 5.41 Å². The number of ether oxygens (including phenoxy) is 2. The number of hydrogen-bond acceptors (Lipinski definition) is 4. The normalized spacial score (nSPS) is 11.1. The number of esters is 1. The predicted octanol–water partition coefficient (Wildman–Crippen LogP) is 2.10. The molecule has 94 valence electrons. The van der Waals surface area contributed by atoms with E-state index in [0.717, 1.165) is 5.56 Å². The molecule has 4 nitrogen and oxygen atoms in total. The van der Waals surface area contributed by atoms with Crippen LogP contribution in [0, 0.1) is 5.41 Å². The minimum absolute atomic E-state index is 0.000704. The summed E-state index contributed by atoms with van der Waals surface area (Å²) in [5.74, 6) is 0.299. The van der Waals surface area contributed by atoms with Gasteiger partial charge in [0.2, 0.25) is 6.79 Å². The Morgan fingerprint density at radius 2 is 1.82 bits per heavy atom. The number of aliphatic hydroxyl groups excluding tert-OH is 1. The highest BCUT2D eigenvalue weighted by atomic mass is 16.7. The monoisotopic (exact) mass is 238 g/mol. The third-order valence-corrected chi connectivity index (χ3v) is 2.13. The van der Waals surface area contributed by atoms with Crippen LogP contribution in [0.5, 0.6) is 5.75 Å². The Hall–Kier alpha value is -1.55. The number of carbonyl (C=O) groups excluding carboxylic acids is 1. The molecule has 0 aliphatic heterocycles. The lowest BCUT2D eigenvalue weighted by Crippen LogP contribution is -2.24. The maximum atomic E-state index is 11.4. The molecule has 0 saturated carbocycles. The van der Waals surface area contributed by atoms with E-state index in [9.17, 15) is 4.79 Å². The minimum atomic E-state index is -0.524. The van der Waals surface area contributed by atoms with E-state index in [0.29, 0.717) is 5.75 Å². The first kappa shape index (κ1) is 13.5. The zero-order chi connectivity index (χ0) is 12.9. The van der Waals surface area contributed by atoms with Gasteiger partial charge < -0.3 is 14.6 Å². The van der Waals surface area contributed by atoms with Gasteiger partial charge in [0, 0.05) is 0 Å². The molecule has 0 fully saturated rings. The molecule has 0 radical (unpaired) electrons. The molecule has 4 heteroatoms. The van der Waals surface area contributed by atoms with Gasteiger partial charge in [-0.15, -0.1) is 0 Å². The van der Waals surface area contributed by atoms with Crippen molar-refractivity contribution in [1.29, 1.82) is 0 Å². The summed E-state index contributed by atoms with van der Waals surface area (Å²) in [6, 6.07) is 6.94. The van der Waals surface area contributed by atoms with Gasteiger partial charge in [-0.1, -0.05) is 12.1 Å². The van der Waals surface area contributed by atoms with Crippen molar-refractivity contribution in [3.8, 4) is 5.75 Å². The molecule has 0 spiro atoms. The first-order valence-corrected chi connectivity index (χ1v) is 5.43. The van der Waals surface area contributed by atoms with Crippen LogP contribution in [-0.2, 0) is 16.1 Å². The molecule has 0 bridgehead atoms. The maximum absolute atomic E-state index is 11.4. The Kier molecular flexibility index (Phi) is 4.52. The molecule has 0 amide bonds. The van der Waals surface area contributed by atoms with Gasteiger partial charge >= 0.3 is 5.97 Å². The van der Waals surface area contributed by atoms with E-state index in [1.54, 1.807) is 45.0 Å². The molecule has 0 saturated heterocycles. The van der Waals surface area contributed by atoms with Crippen LogP contribution in [0.3, 0.4) is 0 Å². The summed E-state index contributed by atoms with van der Waals surface area (Å²) in [5, 5.41) is 8.86. The number of carbonyl (C=O) groups is 1. The summed E-state index contributed by atoms with van der Waals surface area (Å²) < 4.78 is 10.2. The van der Waals surface area contributed by atoms with E-state index >= 15 is 0 Å². The van der Waals surface area contributed by atoms with Crippen LogP contribution in [0.1, 0.15) is 26.3 Å². The van der Waals surface area contributed by atoms with Crippen molar-refractivity contribution in [2.75, 3.05) is 6.79 Å². The highest BCUT2D eigenvalue weighted by Crippen LogP contribution is 2.16. The number of hydrogen-bond donors (Lipinski definition) is 1. The summed E-state index contributed by atoms with van der Waals surface area (Å²) in [5.41, 5.74) is 0.286. The molecule has 0 aliphatic rings. The average molecular weight is 238 g/mol. The van der Waals surface area contributed by atoms with E-state index in [1.807, 2.05) is 0 Å². The molecule has 1 aromatic carbocycles. The van der Waals surface area contributed by atoms with Crippen LogP contribution in [0.15, 0.2) is 24.3 Å². The fourth-order valence-corrected chi connectivity index (χ4v) is 1.06. The summed E-state index contributed by atoms with van der Waals surface area (Å²) in [6.07, 6.45) is 0. The first-order chi connectivity index (χ1) is 7.93. The van der Waals surface area contributed by atoms with Crippen LogP contribution in [0.4, 0.5) is 0 Å². The van der Waals surface area contributed by atoms with Crippen molar-refractivity contribution in [1.82, 2.24) is 0 Å². The molecule has 1 rings (SSSR count). The summed E-state index contributed by atoms with van der Waals surface area (Å²) in [4.78, 5) is 11.4. The van der Waals surface area contributed by atoms with E-state index in [-0.39, 0.29) is 19.4 Å². The van der Waals surface area contributed by atoms with Crippen LogP contribution in [0.2, 0.25) is 0 Å². The van der Waals surface area contributed by atoms with Gasteiger partial charge in [-0.3, -0.25) is 4.79 Å². The van der Waals surface area contributed by atoms with Crippen LogP contribution >= 0.6 is 0 Å². The van der Waals surface area contributed by atoms with Crippen molar-refractivity contribution in [2.45, 2.75) is 27.4 Å². The number of aliphatic hydroxyl groups is 1. The van der Waals surface area contributed by atoms with E-state index in [1.165, 1.54) is 0 Å². The van der Waals surface area contributed by atoms with Crippen molar-refractivity contribution in [3.05, 3.63) is 29.8 Å². The Morgan fingerprint density at radius 3 is 2.29 bits per heavy atom. The molecule has 0 aromatic heterocycles. The van der Waals surface area contributed by atoms with Crippen molar-refractivity contribution in [3.63, 3.8) is 0 Å². The average Bonchev–Trinajstić information content (AvgIpc) is 2.28. The largest absolute Gasteiger partial charge is 0.457 e. The van der Waals surface area contributed by atoms with Crippen molar-refractivity contribution >= 4 is 5.97 Å². The van der Waals surface area contributed by atoms with E-state index in [4.69, 9.17) is 14.6 Å².